The number of methoxy groups -OCH3 is 1. The first-order valence-electron chi connectivity index (χ1n) is 9.12. The topological polar surface area (TPSA) is 53.0 Å². The first-order valence-corrected chi connectivity index (χ1v) is 10.0. The van der Waals surface area contributed by atoms with Crippen LogP contribution in [0.2, 0.25) is 0 Å². The van der Waals surface area contributed by atoms with E-state index >= 15 is 0 Å². The van der Waals surface area contributed by atoms with Crippen LogP contribution in [-0.2, 0) is 4.79 Å². The van der Waals surface area contributed by atoms with Gasteiger partial charge < -0.3 is 19.6 Å². The van der Waals surface area contributed by atoms with E-state index in [-0.39, 0.29) is 11.2 Å². The Morgan fingerprint density at radius 1 is 1.19 bits per heavy atom. The molecule has 1 aliphatic heterocycles. The van der Waals surface area contributed by atoms with Gasteiger partial charge in [-0.25, -0.2) is 0 Å². The quantitative estimate of drug-likeness (QED) is 0.826. The average Bonchev–Trinajstić information content (AvgIpc) is 2.81. The van der Waals surface area contributed by atoms with E-state index in [1.807, 2.05) is 55.6 Å². The molecule has 2 atom stereocenters. The summed E-state index contributed by atoms with van der Waals surface area (Å²) < 4.78 is 5.22. The maximum absolute atomic E-state index is 13.1. The van der Waals surface area contributed by atoms with Crippen LogP contribution in [0.3, 0.4) is 0 Å². The Morgan fingerprint density at radius 2 is 1.89 bits per heavy atom. The highest BCUT2D eigenvalue weighted by Crippen LogP contribution is 2.45. The third-order valence-corrected chi connectivity index (χ3v) is 6.29. The third-order valence-electron chi connectivity index (χ3n) is 4.91. The number of thioether (sulfide) groups is 1. The predicted octanol–water partition coefficient (Wildman–Crippen LogP) is 3.19. The summed E-state index contributed by atoms with van der Waals surface area (Å²) in [5.74, 6) is 0.501. The van der Waals surface area contributed by atoms with Gasteiger partial charge in [0.25, 0.3) is 5.91 Å². The van der Waals surface area contributed by atoms with Crippen LogP contribution in [0, 0.1) is 0 Å². The Labute approximate surface area is 164 Å². The summed E-state index contributed by atoms with van der Waals surface area (Å²) in [6.07, 6.45) is -1.11. The highest BCUT2D eigenvalue weighted by molar-refractivity contribution is 7.99. The van der Waals surface area contributed by atoms with Crippen molar-refractivity contribution >= 4 is 23.4 Å². The predicted molar refractivity (Wildman–Crippen MR) is 110 cm³/mol. The molecule has 1 aliphatic rings. The lowest BCUT2D eigenvalue weighted by molar-refractivity contribution is -0.126. The fraction of sp³-hybridized carbons (Fsp3) is 0.381. The van der Waals surface area contributed by atoms with Crippen molar-refractivity contribution in [1.29, 1.82) is 0 Å². The molecule has 0 saturated heterocycles. The number of ether oxygens (including phenoxy) is 1. The third kappa shape index (κ3) is 4.29. The number of aliphatic hydroxyl groups excluding tert-OH is 1. The van der Waals surface area contributed by atoms with Gasteiger partial charge in [-0.05, 0) is 43.4 Å². The molecule has 0 radical (unpaired) electrons. The summed E-state index contributed by atoms with van der Waals surface area (Å²) in [7, 11) is 3.65. The second kappa shape index (κ2) is 8.78. The summed E-state index contributed by atoms with van der Waals surface area (Å²) in [5, 5.41) is 10.5. The Morgan fingerprint density at radius 3 is 2.56 bits per heavy atom. The van der Waals surface area contributed by atoms with Crippen molar-refractivity contribution in [3.8, 4) is 5.75 Å². The van der Waals surface area contributed by atoms with E-state index in [1.54, 1.807) is 12.0 Å². The zero-order chi connectivity index (χ0) is 19.4. The number of hydrogen-bond acceptors (Lipinski definition) is 5. The number of likely N-dealkylation sites (N-methyl/N-ethyl adjacent to an activating group) is 1. The summed E-state index contributed by atoms with van der Waals surface area (Å²) in [5.41, 5.74) is 1.77. The fourth-order valence-corrected chi connectivity index (χ4v) is 4.36. The van der Waals surface area contributed by atoms with Crippen molar-refractivity contribution in [2.75, 3.05) is 38.7 Å². The van der Waals surface area contributed by atoms with Crippen molar-refractivity contribution in [3.63, 3.8) is 0 Å². The SMILES string of the molecule is CCN(C)CCN1C(=O)[C@H](O)[C@H](c2ccc(OC)cc2)Sc2ccccc21. The average molecular weight is 387 g/mol. The number of hydrogen-bond donors (Lipinski definition) is 1. The van der Waals surface area contributed by atoms with E-state index in [0.717, 1.165) is 35.0 Å². The molecule has 144 valence electrons. The van der Waals surface area contributed by atoms with Crippen LogP contribution < -0.4 is 9.64 Å². The molecular formula is C21H26N2O3S. The van der Waals surface area contributed by atoms with Gasteiger partial charge in [-0.1, -0.05) is 31.2 Å². The van der Waals surface area contributed by atoms with Gasteiger partial charge in [0.2, 0.25) is 0 Å². The first-order chi connectivity index (χ1) is 13.0. The molecule has 3 rings (SSSR count). The van der Waals surface area contributed by atoms with E-state index in [4.69, 9.17) is 4.74 Å². The highest BCUT2D eigenvalue weighted by atomic mass is 32.2. The van der Waals surface area contributed by atoms with Crippen LogP contribution in [0.5, 0.6) is 5.75 Å². The minimum Gasteiger partial charge on any atom is -0.497 e. The monoisotopic (exact) mass is 386 g/mol. The Kier molecular flexibility index (Phi) is 6.42. The molecule has 1 N–H and O–H groups in total. The number of para-hydroxylation sites is 1. The van der Waals surface area contributed by atoms with Crippen molar-refractivity contribution in [3.05, 3.63) is 54.1 Å². The van der Waals surface area contributed by atoms with Gasteiger partial charge in [0.15, 0.2) is 0 Å². The minimum absolute atomic E-state index is 0.252. The lowest BCUT2D eigenvalue weighted by Gasteiger charge is -2.27. The molecule has 2 aromatic rings. The number of carbonyl (C=O) groups excluding carboxylic acids is 1. The minimum atomic E-state index is -1.11. The summed E-state index contributed by atoms with van der Waals surface area (Å²) in [6.45, 7) is 4.30. The van der Waals surface area contributed by atoms with Crippen LogP contribution in [0.25, 0.3) is 0 Å². The molecule has 2 aromatic carbocycles. The van der Waals surface area contributed by atoms with Crippen molar-refractivity contribution in [2.45, 2.75) is 23.2 Å². The number of anilines is 1. The van der Waals surface area contributed by atoms with Crippen molar-refractivity contribution in [1.82, 2.24) is 4.90 Å². The van der Waals surface area contributed by atoms with Crippen molar-refractivity contribution in [2.24, 2.45) is 0 Å². The van der Waals surface area contributed by atoms with Gasteiger partial charge >= 0.3 is 0 Å². The summed E-state index contributed by atoms with van der Waals surface area (Å²) >= 11 is 1.53. The molecule has 0 bridgehead atoms. The maximum atomic E-state index is 13.1. The van der Waals surface area contributed by atoms with Gasteiger partial charge in [0.05, 0.1) is 18.0 Å². The zero-order valence-electron chi connectivity index (χ0n) is 16.0. The van der Waals surface area contributed by atoms with Gasteiger partial charge in [-0.3, -0.25) is 4.79 Å². The van der Waals surface area contributed by atoms with Crippen LogP contribution in [0.1, 0.15) is 17.7 Å². The number of aliphatic hydroxyl groups is 1. The molecule has 0 unspecified atom stereocenters. The van der Waals surface area contributed by atoms with E-state index in [9.17, 15) is 9.90 Å². The lowest BCUT2D eigenvalue weighted by Crippen LogP contribution is -2.43. The molecule has 1 heterocycles. The highest BCUT2D eigenvalue weighted by Gasteiger charge is 2.37. The normalized spacial score (nSPS) is 19.7. The lowest BCUT2D eigenvalue weighted by atomic mass is 10.1. The van der Waals surface area contributed by atoms with Crippen LogP contribution in [0.4, 0.5) is 5.69 Å². The number of nitrogens with zero attached hydrogens (tertiary/aromatic N) is 2. The Balaban J connectivity index is 1.94. The number of carbonyl (C=O) groups is 1. The van der Waals surface area contributed by atoms with E-state index in [2.05, 4.69) is 11.8 Å². The van der Waals surface area contributed by atoms with Crippen LogP contribution in [-0.4, -0.2) is 55.8 Å². The summed E-state index contributed by atoms with van der Waals surface area (Å²) in [6, 6.07) is 15.4. The van der Waals surface area contributed by atoms with Crippen molar-refractivity contribution < 1.29 is 14.6 Å². The van der Waals surface area contributed by atoms with Crippen LogP contribution in [0.15, 0.2) is 53.4 Å². The largest absolute Gasteiger partial charge is 0.497 e. The molecule has 0 aromatic heterocycles. The fourth-order valence-electron chi connectivity index (χ4n) is 3.09. The molecule has 0 fully saturated rings. The first kappa shape index (κ1) is 19.7. The van der Waals surface area contributed by atoms with Gasteiger partial charge in [-0.2, -0.15) is 0 Å². The van der Waals surface area contributed by atoms with E-state index in [1.165, 1.54) is 11.8 Å². The van der Waals surface area contributed by atoms with Gasteiger partial charge in [0.1, 0.15) is 11.9 Å². The summed E-state index contributed by atoms with van der Waals surface area (Å²) in [4.78, 5) is 18.0. The zero-order valence-corrected chi connectivity index (χ0v) is 16.8. The number of amides is 1. The standard InChI is InChI=1S/C21H26N2O3S/c1-4-22(2)13-14-23-17-7-5-6-8-18(17)27-20(19(24)21(23)25)15-9-11-16(26-3)12-10-15/h5-12,19-20,24H,4,13-14H2,1-3H3/t19-,20+/m1/s1. The smallest absolute Gasteiger partial charge is 0.257 e. The molecular weight excluding hydrogens is 360 g/mol. The van der Waals surface area contributed by atoms with E-state index in [0.29, 0.717) is 6.54 Å². The number of fused-ring (bicyclic) bond motifs is 1. The maximum Gasteiger partial charge on any atom is 0.257 e. The number of rotatable bonds is 6. The number of benzene rings is 2. The second-order valence-corrected chi connectivity index (χ2v) is 7.79. The Hall–Kier alpha value is -2.02. The molecule has 27 heavy (non-hydrogen) atoms. The van der Waals surface area contributed by atoms with Gasteiger partial charge in [0, 0.05) is 18.0 Å². The van der Waals surface area contributed by atoms with Gasteiger partial charge in [-0.15, -0.1) is 11.8 Å². The molecule has 0 spiro atoms. The Bertz CT molecular complexity index is 781. The molecule has 6 heteroatoms. The van der Waals surface area contributed by atoms with E-state index < -0.39 is 6.10 Å². The second-order valence-electron chi connectivity index (χ2n) is 6.61. The molecule has 1 amide bonds. The molecule has 0 aliphatic carbocycles. The van der Waals surface area contributed by atoms with Crippen LogP contribution >= 0.6 is 11.8 Å². The molecule has 5 nitrogen and oxygen atoms in total. The molecule has 0 saturated carbocycles.